The molecule has 5 nitrogen and oxygen atoms in total. The Kier molecular flexibility index (Phi) is 6.97. The summed E-state index contributed by atoms with van der Waals surface area (Å²) in [5.74, 6) is -0.575. The summed E-state index contributed by atoms with van der Waals surface area (Å²) in [6.07, 6.45) is 0. The maximum atomic E-state index is 13.1. The van der Waals surface area contributed by atoms with Crippen LogP contribution < -0.4 is 9.47 Å². The van der Waals surface area contributed by atoms with E-state index in [0.29, 0.717) is 16.7 Å². The monoisotopic (exact) mass is 425 g/mol. The number of benzene rings is 3. The molecular formula is C24H21F2NO4. The summed E-state index contributed by atoms with van der Waals surface area (Å²) in [6, 6.07) is 19.8. The van der Waals surface area contributed by atoms with Crippen molar-refractivity contribution in [2.45, 2.75) is 13.2 Å². The summed E-state index contributed by atoms with van der Waals surface area (Å²) in [4.78, 5) is 27.4. The van der Waals surface area contributed by atoms with Gasteiger partial charge in [-0.2, -0.15) is 8.78 Å². The molecule has 0 spiro atoms. The number of rotatable bonds is 8. The van der Waals surface area contributed by atoms with Crippen LogP contribution >= 0.6 is 0 Å². The summed E-state index contributed by atoms with van der Waals surface area (Å²) in [6.45, 7) is -2.88. The molecular weight excluding hydrogens is 404 g/mol. The molecule has 0 radical (unpaired) electrons. The summed E-state index contributed by atoms with van der Waals surface area (Å²) in [7, 11) is 2.92. The van der Waals surface area contributed by atoms with Crippen molar-refractivity contribution in [2.24, 2.45) is 0 Å². The van der Waals surface area contributed by atoms with Gasteiger partial charge < -0.3 is 14.4 Å². The van der Waals surface area contributed by atoms with Crippen molar-refractivity contribution in [2.75, 3.05) is 14.2 Å². The van der Waals surface area contributed by atoms with Crippen molar-refractivity contribution >= 4 is 11.7 Å². The second-order valence-electron chi connectivity index (χ2n) is 6.77. The molecule has 0 bridgehead atoms. The van der Waals surface area contributed by atoms with Crippen LogP contribution in [-0.2, 0) is 6.54 Å². The molecule has 0 aliphatic rings. The van der Waals surface area contributed by atoms with Crippen molar-refractivity contribution in [1.82, 2.24) is 4.90 Å². The molecule has 0 unspecified atom stereocenters. The Morgan fingerprint density at radius 3 is 2.19 bits per heavy atom. The average molecular weight is 425 g/mol. The summed E-state index contributed by atoms with van der Waals surface area (Å²) >= 11 is 0. The Morgan fingerprint density at radius 1 is 0.903 bits per heavy atom. The Balaban J connectivity index is 1.84. The highest BCUT2D eigenvalue weighted by Gasteiger charge is 2.21. The van der Waals surface area contributed by atoms with E-state index in [9.17, 15) is 18.4 Å². The van der Waals surface area contributed by atoms with Gasteiger partial charge in [-0.15, -0.1) is 0 Å². The molecule has 1 amide bonds. The van der Waals surface area contributed by atoms with Crippen molar-refractivity contribution in [1.29, 1.82) is 0 Å². The lowest BCUT2D eigenvalue weighted by molar-refractivity contribution is -0.0512. The number of amides is 1. The molecule has 7 heteroatoms. The number of ketones is 1. The lowest BCUT2D eigenvalue weighted by Gasteiger charge is -2.20. The Bertz CT molecular complexity index is 1070. The van der Waals surface area contributed by atoms with E-state index in [1.165, 1.54) is 24.1 Å². The predicted octanol–water partition coefficient (Wildman–Crippen LogP) is 4.80. The van der Waals surface area contributed by atoms with Crippen molar-refractivity contribution in [3.63, 3.8) is 0 Å². The van der Waals surface area contributed by atoms with Gasteiger partial charge in [-0.1, -0.05) is 54.6 Å². The molecule has 3 aromatic rings. The molecule has 0 N–H and O–H groups in total. The zero-order valence-corrected chi connectivity index (χ0v) is 17.0. The molecule has 0 saturated carbocycles. The summed E-state index contributed by atoms with van der Waals surface area (Å²) < 4.78 is 34.9. The number of hydrogen-bond acceptors (Lipinski definition) is 4. The first-order valence-electron chi connectivity index (χ1n) is 9.46. The van der Waals surface area contributed by atoms with E-state index in [1.54, 1.807) is 61.6 Å². The van der Waals surface area contributed by atoms with Gasteiger partial charge in [0.05, 0.1) is 12.7 Å². The number of nitrogens with zero attached hydrogens (tertiary/aromatic N) is 1. The number of carbonyl (C=O) groups is 2. The molecule has 0 aromatic heterocycles. The molecule has 0 saturated heterocycles. The lowest BCUT2D eigenvalue weighted by Crippen LogP contribution is -2.28. The van der Waals surface area contributed by atoms with Crippen LogP contribution in [0, 0.1) is 0 Å². The van der Waals surface area contributed by atoms with Crippen molar-refractivity contribution in [3.8, 4) is 11.5 Å². The van der Waals surface area contributed by atoms with Crippen LogP contribution in [-0.4, -0.2) is 37.4 Å². The minimum absolute atomic E-state index is 0.115. The number of alkyl halides is 2. The van der Waals surface area contributed by atoms with Crippen LogP contribution in [0.15, 0.2) is 72.8 Å². The molecule has 3 rings (SSSR count). The number of hydrogen-bond donors (Lipinski definition) is 0. The van der Waals surface area contributed by atoms with Gasteiger partial charge in [-0.05, 0) is 23.8 Å². The average Bonchev–Trinajstić information content (AvgIpc) is 2.78. The molecule has 31 heavy (non-hydrogen) atoms. The predicted molar refractivity (Wildman–Crippen MR) is 112 cm³/mol. The zero-order valence-electron chi connectivity index (χ0n) is 17.0. The van der Waals surface area contributed by atoms with Crippen molar-refractivity contribution in [3.05, 3.63) is 95.1 Å². The van der Waals surface area contributed by atoms with E-state index in [1.807, 2.05) is 6.07 Å². The maximum absolute atomic E-state index is 13.1. The van der Waals surface area contributed by atoms with E-state index in [4.69, 9.17) is 4.74 Å². The Morgan fingerprint density at radius 2 is 1.55 bits per heavy atom. The molecule has 0 atom stereocenters. The second kappa shape index (κ2) is 9.84. The minimum atomic E-state index is -3.00. The molecule has 0 aliphatic carbocycles. The molecule has 3 aromatic carbocycles. The van der Waals surface area contributed by atoms with Crippen LogP contribution in [0.5, 0.6) is 11.5 Å². The van der Waals surface area contributed by atoms with E-state index >= 15 is 0 Å². The van der Waals surface area contributed by atoms with Gasteiger partial charge in [0.25, 0.3) is 5.91 Å². The van der Waals surface area contributed by atoms with Gasteiger partial charge in [-0.25, -0.2) is 0 Å². The second-order valence-corrected chi connectivity index (χ2v) is 6.77. The fourth-order valence-corrected chi connectivity index (χ4v) is 3.17. The number of methoxy groups -OCH3 is 1. The molecule has 0 heterocycles. The van der Waals surface area contributed by atoms with Gasteiger partial charge in [0.2, 0.25) is 0 Å². The first-order valence-corrected chi connectivity index (χ1v) is 9.46. The molecule has 0 aliphatic heterocycles. The van der Waals surface area contributed by atoms with Crippen LogP contribution in [0.4, 0.5) is 8.78 Å². The smallest absolute Gasteiger partial charge is 0.387 e. The van der Waals surface area contributed by atoms with Crippen LogP contribution in [0.25, 0.3) is 0 Å². The Hall–Kier alpha value is -3.74. The quantitative estimate of drug-likeness (QED) is 0.487. The van der Waals surface area contributed by atoms with Crippen LogP contribution in [0.1, 0.15) is 31.8 Å². The third kappa shape index (κ3) is 5.25. The summed E-state index contributed by atoms with van der Waals surface area (Å²) in [5, 5.41) is 0. The van der Waals surface area contributed by atoms with E-state index in [2.05, 4.69) is 4.74 Å². The van der Waals surface area contributed by atoms with Crippen LogP contribution in [0.3, 0.4) is 0 Å². The maximum Gasteiger partial charge on any atom is 0.387 e. The highest BCUT2D eigenvalue weighted by molar-refractivity contribution is 6.15. The van der Waals surface area contributed by atoms with E-state index < -0.39 is 6.61 Å². The van der Waals surface area contributed by atoms with Crippen molar-refractivity contribution < 1.29 is 27.8 Å². The number of ether oxygens (including phenoxy) is 2. The summed E-state index contributed by atoms with van der Waals surface area (Å²) in [5.41, 5.74) is 1.60. The highest BCUT2D eigenvalue weighted by atomic mass is 19.3. The lowest BCUT2D eigenvalue weighted by atomic mass is 9.97. The third-order valence-electron chi connectivity index (χ3n) is 4.65. The van der Waals surface area contributed by atoms with Gasteiger partial charge >= 0.3 is 6.61 Å². The van der Waals surface area contributed by atoms with E-state index in [0.717, 1.165) is 0 Å². The largest absolute Gasteiger partial charge is 0.493 e. The molecule has 0 fully saturated rings. The first-order chi connectivity index (χ1) is 14.9. The van der Waals surface area contributed by atoms with Gasteiger partial charge in [0, 0.05) is 24.7 Å². The van der Waals surface area contributed by atoms with Crippen LogP contribution in [0.2, 0.25) is 0 Å². The van der Waals surface area contributed by atoms with Gasteiger partial charge in [-0.3, -0.25) is 9.59 Å². The fraction of sp³-hybridized carbons (Fsp3) is 0.167. The normalized spacial score (nSPS) is 10.6. The van der Waals surface area contributed by atoms with Gasteiger partial charge in [0.15, 0.2) is 17.3 Å². The Labute approximate surface area is 178 Å². The standard InChI is InChI=1S/C24H21F2NO4/c1-27(15-16-12-13-20(30-2)21(14-16)31-24(25)26)23(29)19-11-7-6-10-18(19)22(28)17-8-4-3-5-9-17/h3-14,24H,15H2,1-2H3. The highest BCUT2D eigenvalue weighted by Crippen LogP contribution is 2.30. The van der Waals surface area contributed by atoms with Gasteiger partial charge in [0.1, 0.15) is 0 Å². The first kappa shape index (κ1) is 22.0. The number of carbonyl (C=O) groups excluding carboxylic acids is 2. The zero-order chi connectivity index (χ0) is 22.4. The minimum Gasteiger partial charge on any atom is -0.493 e. The third-order valence-corrected chi connectivity index (χ3v) is 4.65. The molecule has 160 valence electrons. The fourth-order valence-electron chi connectivity index (χ4n) is 3.17. The SMILES string of the molecule is COc1ccc(CN(C)C(=O)c2ccccc2C(=O)c2ccccc2)cc1OC(F)F. The topological polar surface area (TPSA) is 55.8 Å². The number of halogens is 2. The van der Waals surface area contributed by atoms with E-state index in [-0.39, 0.29) is 35.3 Å².